The minimum absolute atomic E-state index is 0.106. The van der Waals surface area contributed by atoms with Crippen molar-refractivity contribution in [1.29, 1.82) is 0 Å². The van der Waals surface area contributed by atoms with Gasteiger partial charge >= 0.3 is 0 Å². The number of nitrogens with zero attached hydrogens (tertiary/aromatic N) is 6. The Bertz CT molecular complexity index is 1020. The molecule has 1 aliphatic heterocycles. The summed E-state index contributed by atoms with van der Waals surface area (Å²) in [5.41, 5.74) is 2.25. The van der Waals surface area contributed by atoms with E-state index in [1.807, 2.05) is 6.07 Å². The van der Waals surface area contributed by atoms with Gasteiger partial charge in [0.25, 0.3) is 11.8 Å². The normalized spacial score (nSPS) is 16.9. The molecule has 0 bridgehead atoms. The van der Waals surface area contributed by atoms with Gasteiger partial charge in [-0.3, -0.25) is 9.59 Å². The first kappa shape index (κ1) is 17.2. The lowest BCUT2D eigenvalue weighted by Crippen LogP contribution is -2.28. The van der Waals surface area contributed by atoms with Gasteiger partial charge in [0.1, 0.15) is 11.3 Å². The van der Waals surface area contributed by atoms with Crippen molar-refractivity contribution in [3.8, 4) is 0 Å². The number of fused-ring (bicyclic) bond motifs is 1. The molecule has 9 nitrogen and oxygen atoms in total. The van der Waals surface area contributed by atoms with Gasteiger partial charge in [0.15, 0.2) is 11.3 Å². The number of amides is 2. The lowest BCUT2D eigenvalue weighted by atomic mass is 10.0. The summed E-state index contributed by atoms with van der Waals surface area (Å²) in [7, 11) is 3.39. The van der Waals surface area contributed by atoms with Crippen LogP contribution in [0.2, 0.25) is 0 Å². The van der Waals surface area contributed by atoms with Crippen LogP contribution < -0.4 is 0 Å². The molecule has 1 fully saturated rings. The third-order valence-electron chi connectivity index (χ3n) is 4.81. The predicted molar refractivity (Wildman–Crippen MR) is 95.5 cm³/mol. The van der Waals surface area contributed by atoms with Crippen LogP contribution in [0.1, 0.15) is 44.6 Å². The van der Waals surface area contributed by atoms with Gasteiger partial charge in [-0.2, -0.15) is 5.10 Å². The summed E-state index contributed by atoms with van der Waals surface area (Å²) in [6, 6.07) is 3.54. The first-order chi connectivity index (χ1) is 13.0. The Kier molecular flexibility index (Phi) is 4.14. The summed E-state index contributed by atoms with van der Waals surface area (Å²) in [6.07, 6.45) is 4.03. The fourth-order valence-corrected chi connectivity index (χ4v) is 3.43. The highest BCUT2D eigenvalue weighted by Gasteiger charge is 2.31. The van der Waals surface area contributed by atoms with E-state index in [-0.39, 0.29) is 17.7 Å². The summed E-state index contributed by atoms with van der Waals surface area (Å²) < 4.78 is 6.71. The van der Waals surface area contributed by atoms with Crippen LogP contribution in [-0.4, -0.2) is 68.6 Å². The van der Waals surface area contributed by atoms with E-state index in [1.54, 1.807) is 48.9 Å². The molecule has 3 aromatic heterocycles. The van der Waals surface area contributed by atoms with Gasteiger partial charge in [-0.25, -0.2) is 9.50 Å². The fourth-order valence-electron chi connectivity index (χ4n) is 3.43. The van der Waals surface area contributed by atoms with Crippen LogP contribution in [0.5, 0.6) is 0 Å². The minimum atomic E-state index is -0.140. The maximum absolute atomic E-state index is 12.6. The molecular weight excluding hydrogens is 348 g/mol. The van der Waals surface area contributed by atoms with Crippen LogP contribution in [0.25, 0.3) is 5.65 Å². The fraction of sp³-hybridized carbons (Fsp3) is 0.389. The third kappa shape index (κ3) is 2.94. The zero-order valence-corrected chi connectivity index (χ0v) is 15.4. The van der Waals surface area contributed by atoms with E-state index in [1.165, 1.54) is 4.90 Å². The molecule has 0 N–H and O–H groups in total. The lowest BCUT2D eigenvalue weighted by Gasteiger charge is -2.15. The molecule has 2 amide bonds. The summed E-state index contributed by atoms with van der Waals surface area (Å²) in [5.74, 6) is 0.442. The van der Waals surface area contributed by atoms with Gasteiger partial charge in [0.05, 0.1) is 11.9 Å². The molecule has 0 radical (unpaired) electrons. The topological polar surface area (TPSA) is 96.8 Å². The van der Waals surface area contributed by atoms with Crippen molar-refractivity contribution in [2.45, 2.75) is 19.3 Å². The van der Waals surface area contributed by atoms with Crippen molar-refractivity contribution < 1.29 is 14.1 Å². The zero-order chi connectivity index (χ0) is 19.1. The highest BCUT2D eigenvalue weighted by Crippen LogP contribution is 2.28. The summed E-state index contributed by atoms with van der Waals surface area (Å²) in [6.45, 7) is 2.94. The van der Waals surface area contributed by atoms with Crippen molar-refractivity contribution in [1.82, 2.24) is 29.6 Å². The van der Waals surface area contributed by atoms with Crippen molar-refractivity contribution in [3.63, 3.8) is 0 Å². The minimum Gasteiger partial charge on any atom is -0.361 e. The Hall–Kier alpha value is -3.23. The smallest absolute Gasteiger partial charge is 0.276 e. The molecule has 0 aliphatic carbocycles. The molecule has 1 unspecified atom stereocenters. The lowest BCUT2D eigenvalue weighted by molar-refractivity contribution is 0.0779. The van der Waals surface area contributed by atoms with E-state index in [0.717, 1.165) is 12.1 Å². The number of hydrogen-bond acceptors (Lipinski definition) is 6. The molecular formula is C18H20N6O3. The number of aromatic nitrogens is 4. The Balaban J connectivity index is 1.60. The van der Waals surface area contributed by atoms with E-state index in [9.17, 15) is 9.59 Å². The van der Waals surface area contributed by atoms with Gasteiger partial charge in [-0.05, 0) is 19.4 Å². The summed E-state index contributed by atoms with van der Waals surface area (Å²) in [5, 5.41) is 8.19. The highest BCUT2D eigenvalue weighted by molar-refractivity contribution is 5.99. The Morgan fingerprint density at radius 2 is 2.15 bits per heavy atom. The van der Waals surface area contributed by atoms with Gasteiger partial charge < -0.3 is 14.3 Å². The Morgan fingerprint density at radius 3 is 2.85 bits per heavy atom. The molecule has 4 heterocycles. The van der Waals surface area contributed by atoms with Gasteiger partial charge in [0.2, 0.25) is 0 Å². The van der Waals surface area contributed by atoms with Crippen LogP contribution in [0.15, 0.2) is 29.0 Å². The number of aryl methyl sites for hydroxylation is 1. The maximum Gasteiger partial charge on any atom is 0.276 e. The molecule has 1 aliphatic rings. The van der Waals surface area contributed by atoms with Crippen LogP contribution >= 0.6 is 0 Å². The Labute approximate surface area is 155 Å². The average Bonchev–Trinajstić information content (AvgIpc) is 3.39. The number of likely N-dealkylation sites (tertiary alicyclic amines) is 1. The number of hydrogen-bond donors (Lipinski definition) is 0. The van der Waals surface area contributed by atoms with Crippen molar-refractivity contribution in [3.05, 3.63) is 47.2 Å². The van der Waals surface area contributed by atoms with E-state index in [0.29, 0.717) is 35.8 Å². The molecule has 0 aromatic carbocycles. The van der Waals surface area contributed by atoms with Crippen LogP contribution in [0.4, 0.5) is 0 Å². The van der Waals surface area contributed by atoms with Gasteiger partial charge in [-0.1, -0.05) is 5.16 Å². The zero-order valence-electron chi connectivity index (χ0n) is 15.4. The summed E-state index contributed by atoms with van der Waals surface area (Å²) in [4.78, 5) is 32.5. The van der Waals surface area contributed by atoms with Gasteiger partial charge in [-0.15, -0.1) is 0 Å². The standard InChI is InChI=1S/C18H20N6O3/c1-11-8-14(21-27-11)18(26)23-7-5-12(10-23)15-4-6-19-16-13(9-20-24(15)16)17(25)22(2)3/h4,6,8-9,12H,5,7,10H2,1-3H3. The van der Waals surface area contributed by atoms with Crippen molar-refractivity contribution in [2.24, 2.45) is 0 Å². The molecule has 1 atom stereocenters. The molecule has 0 spiro atoms. The van der Waals surface area contributed by atoms with Crippen LogP contribution in [0.3, 0.4) is 0 Å². The molecule has 4 rings (SSSR count). The molecule has 9 heteroatoms. The highest BCUT2D eigenvalue weighted by atomic mass is 16.5. The number of rotatable bonds is 3. The first-order valence-electron chi connectivity index (χ1n) is 8.72. The SMILES string of the molecule is Cc1cc(C(=O)N2CCC(c3ccnc4c(C(=O)N(C)C)cnn34)C2)no1. The van der Waals surface area contributed by atoms with Crippen molar-refractivity contribution in [2.75, 3.05) is 27.2 Å². The molecule has 1 saturated heterocycles. The molecule has 0 saturated carbocycles. The second-order valence-electron chi connectivity index (χ2n) is 6.92. The number of carbonyl (C=O) groups is 2. The predicted octanol–water partition coefficient (Wildman–Crippen LogP) is 1.36. The summed E-state index contributed by atoms with van der Waals surface area (Å²) >= 11 is 0. The number of carbonyl (C=O) groups excluding carboxylic acids is 2. The quantitative estimate of drug-likeness (QED) is 0.692. The monoisotopic (exact) mass is 368 g/mol. The van der Waals surface area contributed by atoms with E-state index in [2.05, 4.69) is 15.2 Å². The third-order valence-corrected chi connectivity index (χ3v) is 4.81. The van der Waals surface area contributed by atoms with Crippen molar-refractivity contribution >= 4 is 17.5 Å². The molecule has 27 heavy (non-hydrogen) atoms. The van der Waals surface area contributed by atoms with Gasteiger partial charge in [0, 0.05) is 45.4 Å². The maximum atomic E-state index is 12.6. The molecule has 140 valence electrons. The Morgan fingerprint density at radius 1 is 1.33 bits per heavy atom. The first-order valence-corrected chi connectivity index (χ1v) is 8.72. The van der Waals surface area contributed by atoms with E-state index < -0.39 is 0 Å². The van der Waals surface area contributed by atoms with E-state index >= 15 is 0 Å². The average molecular weight is 368 g/mol. The van der Waals surface area contributed by atoms with Crippen LogP contribution in [-0.2, 0) is 0 Å². The van der Waals surface area contributed by atoms with Crippen LogP contribution in [0, 0.1) is 6.92 Å². The molecule has 3 aromatic rings. The van der Waals surface area contributed by atoms with E-state index in [4.69, 9.17) is 4.52 Å². The largest absolute Gasteiger partial charge is 0.361 e. The second-order valence-corrected chi connectivity index (χ2v) is 6.92. The second kappa shape index (κ2) is 6.49.